The molecule has 0 saturated heterocycles. The van der Waals surface area contributed by atoms with Crippen LogP contribution in [-0.2, 0) is 4.74 Å². The number of hydrogen-bond donors (Lipinski definition) is 0. The highest BCUT2D eigenvalue weighted by Gasteiger charge is 2.14. The Bertz CT molecular complexity index is 722. The first kappa shape index (κ1) is 12.2. The Labute approximate surface area is 116 Å². The van der Waals surface area contributed by atoms with Gasteiger partial charge in [-0.1, -0.05) is 6.07 Å². The van der Waals surface area contributed by atoms with Gasteiger partial charge in [0.15, 0.2) is 0 Å². The molecule has 0 saturated carbocycles. The van der Waals surface area contributed by atoms with Gasteiger partial charge in [0.05, 0.1) is 6.61 Å². The second kappa shape index (κ2) is 5.02. The van der Waals surface area contributed by atoms with Crippen molar-refractivity contribution in [2.45, 2.75) is 6.92 Å². The predicted molar refractivity (Wildman–Crippen MR) is 74.5 cm³/mol. The Morgan fingerprint density at radius 3 is 3.00 bits per heavy atom. The van der Waals surface area contributed by atoms with E-state index in [-0.39, 0.29) is 5.82 Å². The van der Waals surface area contributed by atoms with Gasteiger partial charge in [-0.15, -0.1) is 32.9 Å². The molecule has 3 rings (SSSR count). The van der Waals surface area contributed by atoms with Crippen LogP contribution in [0.2, 0.25) is 0 Å². The second-order valence-corrected chi connectivity index (χ2v) is 5.61. The first-order chi connectivity index (χ1) is 9.28. The third-order valence-electron chi connectivity index (χ3n) is 2.38. The molecule has 0 aliphatic rings. The quantitative estimate of drug-likeness (QED) is 0.694. The molecule has 0 aliphatic heterocycles. The minimum Gasteiger partial charge on any atom is -0.460 e. The monoisotopic (exact) mass is 291 g/mol. The van der Waals surface area contributed by atoms with Crippen LogP contribution in [-0.4, -0.2) is 27.8 Å². The van der Waals surface area contributed by atoms with Crippen molar-refractivity contribution in [2.24, 2.45) is 0 Å². The lowest BCUT2D eigenvalue weighted by molar-refractivity contribution is 0.0511. The molecule has 0 bridgehead atoms. The molecule has 0 unspecified atom stereocenters. The van der Waals surface area contributed by atoms with Crippen LogP contribution in [0.15, 0.2) is 23.6 Å². The zero-order valence-corrected chi connectivity index (χ0v) is 11.6. The molecule has 7 heteroatoms. The average molecular weight is 291 g/mol. The highest BCUT2D eigenvalue weighted by Crippen LogP contribution is 2.33. The van der Waals surface area contributed by atoms with E-state index >= 15 is 0 Å². The Morgan fingerprint density at radius 1 is 1.37 bits per heavy atom. The summed E-state index contributed by atoms with van der Waals surface area (Å²) in [6.07, 6.45) is 0. The Hall–Kier alpha value is -1.86. The van der Waals surface area contributed by atoms with Gasteiger partial charge in [0, 0.05) is 9.75 Å². The molecular weight excluding hydrogens is 282 g/mol. The summed E-state index contributed by atoms with van der Waals surface area (Å²) >= 11 is 3.15. The van der Waals surface area contributed by atoms with Crippen LogP contribution >= 0.6 is 22.7 Å². The number of carbonyl (C=O) groups excluding carboxylic acids is 1. The first-order valence-electron chi connectivity index (χ1n) is 5.63. The summed E-state index contributed by atoms with van der Waals surface area (Å²) in [5.74, 6) is -0.531. The zero-order chi connectivity index (χ0) is 13.2. The summed E-state index contributed by atoms with van der Waals surface area (Å²) < 4.78 is 4.86. The molecule has 0 amide bonds. The van der Waals surface area contributed by atoms with Gasteiger partial charge in [0.1, 0.15) is 10.3 Å². The van der Waals surface area contributed by atoms with Crippen molar-refractivity contribution < 1.29 is 9.53 Å². The molecule has 0 atom stereocenters. The fraction of sp³-hybridized carbons (Fsp3) is 0.167. The van der Waals surface area contributed by atoms with E-state index in [1.807, 2.05) is 23.6 Å². The van der Waals surface area contributed by atoms with Crippen molar-refractivity contribution >= 4 is 39.0 Å². The van der Waals surface area contributed by atoms with Crippen molar-refractivity contribution in [3.8, 4) is 9.75 Å². The minimum atomic E-state index is -0.539. The maximum absolute atomic E-state index is 11.5. The molecule has 0 aromatic carbocycles. The highest BCUT2D eigenvalue weighted by molar-refractivity contribution is 7.25. The van der Waals surface area contributed by atoms with Crippen LogP contribution in [0.4, 0.5) is 0 Å². The molecule has 3 heterocycles. The number of ether oxygens (including phenoxy) is 1. The average Bonchev–Trinajstić information content (AvgIpc) is 3.07. The smallest absolute Gasteiger partial charge is 0.378 e. The van der Waals surface area contributed by atoms with Crippen LogP contribution in [0.1, 0.15) is 17.5 Å². The SMILES string of the molecule is CCOC(=O)c1nnc2cc(-c3cccs3)sc2n1. The third kappa shape index (κ3) is 2.34. The summed E-state index contributed by atoms with van der Waals surface area (Å²) in [6, 6.07) is 5.96. The van der Waals surface area contributed by atoms with Crippen molar-refractivity contribution in [1.82, 2.24) is 15.2 Å². The molecule has 0 fully saturated rings. The molecule has 19 heavy (non-hydrogen) atoms. The first-order valence-corrected chi connectivity index (χ1v) is 7.33. The molecule has 96 valence electrons. The van der Waals surface area contributed by atoms with Crippen LogP contribution in [0.3, 0.4) is 0 Å². The van der Waals surface area contributed by atoms with E-state index in [2.05, 4.69) is 15.2 Å². The van der Waals surface area contributed by atoms with E-state index < -0.39 is 5.97 Å². The Morgan fingerprint density at radius 2 is 2.26 bits per heavy atom. The molecule has 5 nitrogen and oxygen atoms in total. The Balaban J connectivity index is 2.02. The van der Waals surface area contributed by atoms with E-state index in [1.165, 1.54) is 11.3 Å². The number of aromatic nitrogens is 3. The summed E-state index contributed by atoms with van der Waals surface area (Å²) in [5.41, 5.74) is 0.696. The van der Waals surface area contributed by atoms with E-state index in [4.69, 9.17) is 4.74 Å². The van der Waals surface area contributed by atoms with E-state index in [0.717, 1.165) is 9.75 Å². The molecule has 3 aromatic rings. The lowest BCUT2D eigenvalue weighted by Crippen LogP contribution is -2.10. The van der Waals surface area contributed by atoms with Crippen LogP contribution < -0.4 is 0 Å². The molecule has 0 N–H and O–H groups in total. The van der Waals surface area contributed by atoms with Crippen LogP contribution in [0.5, 0.6) is 0 Å². The van der Waals surface area contributed by atoms with Gasteiger partial charge in [-0.3, -0.25) is 0 Å². The number of rotatable bonds is 3. The van der Waals surface area contributed by atoms with E-state index in [0.29, 0.717) is 17.0 Å². The second-order valence-electron chi connectivity index (χ2n) is 3.63. The standard InChI is InChI=1S/C12H9N3O2S2/c1-2-17-12(16)10-13-11-7(14-15-10)6-9(19-11)8-4-3-5-18-8/h3-6H,2H2,1H3. The topological polar surface area (TPSA) is 65.0 Å². The lowest BCUT2D eigenvalue weighted by Gasteiger charge is -1.97. The van der Waals surface area contributed by atoms with Gasteiger partial charge in [-0.25, -0.2) is 9.78 Å². The van der Waals surface area contributed by atoms with Gasteiger partial charge in [-0.05, 0) is 24.4 Å². The van der Waals surface area contributed by atoms with Crippen molar-refractivity contribution in [2.75, 3.05) is 6.61 Å². The number of thiophene rings is 2. The van der Waals surface area contributed by atoms with E-state index in [1.54, 1.807) is 18.3 Å². The number of carbonyl (C=O) groups is 1. The van der Waals surface area contributed by atoms with Gasteiger partial charge in [0.25, 0.3) is 5.82 Å². The maximum Gasteiger partial charge on any atom is 0.378 e. The number of esters is 1. The molecule has 3 aromatic heterocycles. The van der Waals surface area contributed by atoms with Crippen LogP contribution in [0.25, 0.3) is 20.1 Å². The number of hydrogen-bond acceptors (Lipinski definition) is 7. The highest BCUT2D eigenvalue weighted by atomic mass is 32.1. The minimum absolute atomic E-state index is 0.00827. The fourth-order valence-corrected chi connectivity index (χ4v) is 3.35. The predicted octanol–water partition coefficient (Wildman–Crippen LogP) is 2.99. The molecule has 0 aliphatic carbocycles. The normalized spacial score (nSPS) is 10.8. The van der Waals surface area contributed by atoms with E-state index in [9.17, 15) is 4.79 Å². The van der Waals surface area contributed by atoms with Crippen molar-refractivity contribution in [3.05, 3.63) is 29.4 Å². The molecule has 0 radical (unpaired) electrons. The summed E-state index contributed by atoms with van der Waals surface area (Å²) in [4.78, 5) is 18.7. The maximum atomic E-state index is 11.5. The van der Waals surface area contributed by atoms with Gasteiger partial charge in [0.2, 0.25) is 0 Å². The largest absolute Gasteiger partial charge is 0.460 e. The van der Waals surface area contributed by atoms with Gasteiger partial charge < -0.3 is 4.74 Å². The number of fused-ring (bicyclic) bond motifs is 1. The van der Waals surface area contributed by atoms with Crippen molar-refractivity contribution in [3.63, 3.8) is 0 Å². The number of nitrogens with zero attached hydrogens (tertiary/aromatic N) is 3. The Kier molecular flexibility index (Phi) is 3.22. The fourth-order valence-electron chi connectivity index (χ4n) is 1.57. The molecular formula is C12H9N3O2S2. The lowest BCUT2D eigenvalue weighted by atomic mass is 10.4. The van der Waals surface area contributed by atoms with Crippen molar-refractivity contribution in [1.29, 1.82) is 0 Å². The summed E-state index contributed by atoms with van der Waals surface area (Å²) in [7, 11) is 0. The summed E-state index contributed by atoms with van der Waals surface area (Å²) in [5, 5.41) is 9.83. The zero-order valence-electron chi connectivity index (χ0n) is 9.99. The van der Waals surface area contributed by atoms with Crippen LogP contribution in [0, 0.1) is 0 Å². The third-order valence-corrected chi connectivity index (χ3v) is 4.46. The van der Waals surface area contributed by atoms with Gasteiger partial charge >= 0.3 is 5.97 Å². The van der Waals surface area contributed by atoms with Gasteiger partial charge in [-0.2, -0.15) is 0 Å². The molecule has 0 spiro atoms. The summed E-state index contributed by atoms with van der Waals surface area (Å²) in [6.45, 7) is 2.04.